The monoisotopic (exact) mass is 500 g/mol. The average Bonchev–Trinajstić information content (AvgIpc) is 2.68. The Hall–Kier alpha value is -2.23. The second-order valence-corrected chi connectivity index (χ2v) is 6.06. The Balaban J connectivity index is 0.00000392. The van der Waals surface area contributed by atoms with E-state index in [0.29, 0.717) is 17.5 Å². The number of hydrogen-bond donors (Lipinski definition) is 2. The lowest BCUT2D eigenvalue weighted by atomic mass is 10.2. The number of aliphatic imine (C=N–C) groups is 1. The first-order valence-electron chi connectivity index (χ1n) is 8.95. The van der Waals surface area contributed by atoms with Crippen molar-refractivity contribution in [3.63, 3.8) is 0 Å². The lowest BCUT2D eigenvalue weighted by Gasteiger charge is -2.14. The Labute approximate surface area is 183 Å². The van der Waals surface area contributed by atoms with Crippen LogP contribution in [0.5, 0.6) is 11.5 Å². The first-order chi connectivity index (χ1) is 13.1. The number of anilines is 1. The van der Waals surface area contributed by atoms with E-state index in [1.54, 1.807) is 38.0 Å². The third-order valence-corrected chi connectivity index (χ3v) is 4.24. The maximum atomic E-state index is 11.9. The van der Waals surface area contributed by atoms with E-state index in [4.69, 9.17) is 9.47 Å². The van der Waals surface area contributed by atoms with Crippen LogP contribution in [0.1, 0.15) is 18.5 Å². The van der Waals surface area contributed by atoms with Gasteiger partial charge in [-0.3, -0.25) is 9.79 Å². The van der Waals surface area contributed by atoms with Crippen LogP contribution in [0.2, 0.25) is 0 Å². The molecule has 1 aromatic carbocycles. The van der Waals surface area contributed by atoms with Crippen LogP contribution >= 0.6 is 24.0 Å². The summed E-state index contributed by atoms with van der Waals surface area (Å²) in [7, 11) is 4.94. The molecule has 2 aromatic rings. The summed E-state index contributed by atoms with van der Waals surface area (Å²) in [6.07, 6.45) is 1.83. The van der Waals surface area contributed by atoms with Crippen LogP contribution in [0.25, 0.3) is 0 Å². The van der Waals surface area contributed by atoms with Crippen molar-refractivity contribution in [1.29, 1.82) is 0 Å². The van der Waals surface area contributed by atoms with Crippen LogP contribution in [0.3, 0.4) is 0 Å². The van der Waals surface area contributed by atoms with Crippen molar-refractivity contribution >= 4 is 35.6 Å². The molecule has 0 bridgehead atoms. The van der Waals surface area contributed by atoms with E-state index < -0.39 is 0 Å². The normalized spacial score (nSPS) is 10.8. The fourth-order valence-corrected chi connectivity index (χ4v) is 2.74. The molecule has 0 fully saturated rings. The largest absolute Gasteiger partial charge is 0.493 e. The number of hydrogen-bond acceptors (Lipinski definition) is 4. The molecule has 0 saturated carbocycles. The number of nitrogens with one attached hydrogen (secondary N) is 2. The van der Waals surface area contributed by atoms with Gasteiger partial charge in [0.25, 0.3) is 5.56 Å². The molecule has 1 heterocycles. The van der Waals surface area contributed by atoms with Gasteiger partial charge in [0.05, 0.1) is 14.2 Å². The molecule has 8 heteroatoms. The third-order valence-electron chi connectivity index (χ3n) is 4.24. The summed E-state index contributed by atoms with van der Waals surface area (Å²) in [5, 5.41) is 6.51. The zero-order valence-electron chi connectivity index (χ0n) is 16.8. The minimum atomic E-state index is 0. The molecule has 0 saturated heterocycles. The number of rotatable bonds is 8. The van der Waals surface area contributed by atoms with Crippen molar-refractivity contribution in [2.75, 3.05) is 33.1 Å². The Morgan fingerprint density at radius 1 is 1.11 bits per heavy atom. The van der Waals surface area contributed by atoms with Gasteiger partial charge in [0.2, 0.25) is 0 Å². The number of nitrogens with zero attached hydrogens (tertiary/aromatic N) is 2. The molecule has 0 unspecified atom stereocenters. The van der Waals surface area contributed by atoms with Crippen molar-refractivity contribution in [1.82, 2.24) is 9.88 Å². The highest BCUT2D eigenvalue weighted by atomic mass is 127. The number of benzene rings is 1. The third kappa shape index (κ3) is 6.74. The van der Waals surface area contributed by atoms with E-state index in [1.807, 2.05) is 31.2 Å². The topological polar surface area (TPSA) is 76.9 Å². The second kappa shape index (κ2) is 12.3. The van der Waals surface area contributed by atoms with Crippen molar-refractivity contribution in [2.45, 2.75) is 26.3 Å². The second-order valence-electron chi connectivity index (χ2n) is 6.06. The Kier molecular flexibility index (Phi) is 10.4. The van der Waals surface area contributed by atoms with Gasteiger partial charge in [-0.15, -0.1) is 24.0 Å². The fourth-order valence-electron chi connectivity index (χ4n) is 2.74. The molecule has 0 aliphatic carbocycles. The van der Waals surface area contributed by atoms with Gasteiger partial charge in [-0.05, 0) is 38.0 Å². The number of halogens is 1. The predicted molar refractivity (Wildman–Crippen MR) is 125 cm³/mol. The molecule has 0 amide bonds. The van der Waals surface area contributed by atoms with E-state index in [2.05, 4.69) is 15.6 Å². The number of ether oxygens (including phenoxy) is 2. The van der Waals surface area contributed by atoms with E-state index in [0.717, 1.165) is 37.3 Å². The van der Waals surface area contributed by atoms with Crippen molar-refractivity contribution in [2.24, 2.45) is 4.99 Å². The quantitative estimate of drug-likeness (QED) is 0.252. The Morgan fingerprint density at radius 2 is 1.86 bits per heavy atom. The molecule has 0 radical (unpaired) electrons. The minimum absolute atomic E-state index is 0. The van der Waals surface area contributed by atoms with Gasteiger partial charge in [-0.25, -0.2) is 0 Å². The number of pyridine rings is 1. The van der Waals surface area contributed by atoms with E-state index in [-0.39, 0.29) is 29.5 Å². The average molecular weight is 500 g/mol. The number of aromatic nitrogens is 1. The summed E-state index contributed by atoms with van der Waals surface area (Å²) in [4.78, 5) is 16.1. The molecule has 154 valence electrons. The first-order valence-corrected chi connectivity index (χ1v) is 8.95. The summed E-state index contributed by atoms with van der Waals surface area (Å²) in [5.41, 5.74) is 1.89. The zero-order valence-corrected chi connectivity index (χ0v) is 19.2. The summed E-state index contributed by atoms with van der Waals surface area (Å²) in [6.45, 7) is 3.43. The molecule has 0 aliphatic rings. The number of aryl methyl sites for hydroxylation is 1. The number of unbranched alkanes of at least 4 members (excludes halogenated alkanes) is 1. The molecule has 0 aliphatic heterocycles. The number of guanidine groups is 1. The zero-order chi connectivity index (χ0) is 19.6. The molecular formula is C20H29IN4O3. The van der Waals surface area contributed by atoms with Crippen LogP contribution in [-0.2, 0) is 6.54 Å². The predicted octanol–water partition coefficient (Wildman–Crippen LogP) is 3.26. The highest BCUT2D eigenvalue weighted by Crippen LogP contribution is 2.29. The summed E-state index contributed by atoms with van der Waals surface area (Å²) in [5.74, 6) is 2.01. The van der Waals surface area contributed by atoms with Crippen LogP contribution in [0, 0.1) is 6.92 Å². The van der Waals surface area contributed by atoms with Gasteiger partial charge in [0, 0.05) is 43.7 Å². The molecule has 28 heavy (non-hydrogen) atoms. The smallest absolute Gasteiger partial charge is 0.250 e. The van der Waals surface area contributed by atoms with Gasteiger partial charge in [0.1, 0.15) is 0 Å². The van der Waals surface area contributed by atoms with Crippen LogP contribution < -0.4 is 25.7 Å². The fraction of sp³-hybridized carbons (Fsp3) is 0.400. The maximum Gasteiger partial charge on any atom is 0.250 e. The Bertz CT molecular complexity index is 836. The molecule has 2 rings (SSSR count). The number of methoxy groups -OCH3 is 2. The maximum absolute atomic E-state index is 11.9. The van der Waals surface area contributed by atoms with Gasteiger partial charge in [-0.1, -0.05) is 6.07 Å². The van der Waals surface area contributed by atoms with Crippen molar-refractivity contribution in [3.05, 3.63) is 52.4 Å². The minimum Gasteiger partial charge on any atom is -0.493 e. The SMILES string of the molecule is CN=C(NCCCCn1c(C)cccc1=O)Nc1ccc(OC)c(OC)c1.I. The summed E-state index contributed by atoms with van der Waals surface area (Å²) >= 11 is 0. The van der Waals surface area contributed by atoms with Crippen molar-refractivity contribution in [3.8, 4) is 11.5 Å². The van der Waals surface area contributed by atoms with E-state index >= 15 is 0 Å². The summed E-state index contributed by atoms with van der Waals surface area (Å²) < 4.78 is 12.4. The Morgan fingerprint density at radius 3 is 2.50 bits per heavy atom. The lowest BCUT2D eigenvalue weighted by Crippen LogP contribution is -2.31. The standard InChI is InChI=1S/C20H28N4O3.HI/c1-15-8-7-9-19(25)24(15)13-6-5-12-22-20(21-2)23-16-10-11-17(26-3)18(14-16)27-4;/h7-11,14H,5-6,12-13H2,1-4H3,(H2,21,22,23);1H. The highest BCUT2D eigenvalue weighted by Gasteiger charge is 2.06. The van der Waals surface area contributed by atoms with Crippen LogP contribution in [-0.4, -0.2) is 38.3 Å². The van der Waals surface area contributed by atoms with Gasteiger partial charge in [0.15, 0.2) is 17.5 Å². The van der Waals surface area contributed by atoms with Gasteiger partial charge < -0.3 is 24.7 Å². The highest BCUT2D eigenvalue weighted by molar-refractivity contribution is 14.0. The van der Waals surface area contributed by atoms with Crippen LogP contribution in [0.4, 0.5) is 5.69 Å². The van der Waals surface area contributed by atoms with Gasteiger partial charge >= 0.3 is 0 Å². The molecule has 0 spiro atoms. The first kappa shape index (κ1) is 23.8. The van der Waals surface area contributed by atoms with Crippen LogP contribution in [0.15, 0.2) is 46.2 Å². The molecule has 0 atom stereocenters. The molecule has 1 aromatic heterocycles. The van der Waals surface area contributed by atoms with Gasteiger partial charge in [-0.2, -0.15) is 0 Å². The summed E-state index contributed by atoms with van der Waals surface area (Å²) in [6, 6.07) is 10.9. The molecular weight excluding hydrogens is 471 g/mol. The molecule has 7 nitrogen and oxygen atoms in total. The van der Waals surface area contributed by atoms with E-state index in [1.165, 1.54) is 0 Å². The molecule has 2 N–H and O–H groups in total. The van der Waals surface area contributed by atoms with E-state index in [9.17, 15) is 4.79 Å². The lowest BCUT2D eigenvalue weighted by molar-refractivity contribution is 0.355. The van der Waals surface area contributed by atoms with Crippen molar-refractivity contribution < 1.29 is 9.47 Å².